The Morgan fingerprint density at radius 3 is 2.58 bits per heavy atom. The topological polar surface area (TPSA) is 98.0 Å². The van der Waals surface area contributed by atoms with Crippen molar-refractivity contribution in [2.24, 2.45) is 5.73 Å². The third-order valence-corrected chi connectivity index (χ3v) is 4.12. The second-order valence-corrected chi connectivity index (χ2v) is 5.72. The Morgan fingerprint density at radius 2 is 1.83 bits per heavy atom. The molecular formula is C18H20N3O3+. The summed E-state index contributed by atoms with van der Waals surface area (Å²) < 4.78 is 5.67. The molecule has 1 heterocycles. The van der Waals surface area contributed by atoms with Gasteiger partial charge in [0.1, 0.15) is 11.8 Å². The maximum atomic E-state index is 12.5. The number of nitrogens with one attached hydrogen (secondary N) is 1. The normalized spacial score (nSPS) is 17.2. The van der Waals surface area contributed by atoms with E-state index in [1.165, 1.54) is 0 Å². The predicted molar refractivity (Wildman–Crippen MR) is 88.1 cm³/mol. The fourth-order valence-corrected chi connectivity index (χ4v) is 3.01. The summed E-state index contributed by atoms with van der Waals surface area (Å²) in [5.41, 5.74) is 6.99. The number of urea groups is 1. The number of amides is 3. The van der Waals surface area contributed by atoms with Gasteiger partial charge in [-0.1, -0.05) is 42.5 Å². The van der Waals surface area contributed by atoms with Crippen LogP contribution in [0.15, 0.2) is 54.6 Å². The molecule has 0 saturated heterocycles. The average Bonchev–Trinajstić information content (AvgIpc) is 2.60. The molecule has 124 valence electrons. The Bertz CT molecular complexity index is 733. The van der Waals surface area contributed by atoms with E-state index < -0.39 is 18.0 Å². The first kappa shape index (κ1) is 16.0. The predicted octanol–water partition coefficient (Wildman–Crippen LogP) is 1.01. The number of carbonyl (C=O) groups is 2. The summed E-state index contributed by atoms with van der Waals surface area (Å²) in [6.45, 7) is 0.594. The summed E-state index contributed by atoms with van der Waals surface area (Å²) in [4.78, 5) is 23.6. The molecule has 0 bridgehead atoms. The lowest BCUT2D eigenvalue weighted by atomic mass is 9.97. The SMILES string of the molecule is NC(=O)NC(=O)[C@@H]([NH2+][C@@H]1CCOc2ccccc21)c1ccccc1. The molecule has 6 nitrogen and oxygen atoms in total. The number of primary amides is 1. The van der Waals surface area contributed by atoms with Crippen LogP contribution in [0, 0.1) is 0 Å². The van der Waals surface area contributed by atoms with Crippen molar-refractivity contribution < 1.29 is 19.6 Å². The maximum absolute atomic E-state index is 12.5. The summed E-state index contributed by atoms with van der Waals surface area (Å²) in [6, 6.07) is 15.8. The van der Waals surface area contributed by atoms with Crippen molar-refractivity contribution in [1.29, 1.82) is 0 Å². The lowest BCUT2D eigenvalue weighted by Crippen LogP contribution is -2.89. The Morgan fingerprint density at radius 1 is 1.12 bits per heavy atom. The Kier molecular flexibility index (Phi) is 4.77. The summed E-state index contributed by atoms with van der Waals surface area (Å²) in [7, 11) is 0. The molecule has 2 atom stereocenters. The summed E-state index contributed by atoms with van der Waals surface area (Å²) in [5.74, 6) is 0.421. The first-order valence-corrected chi connectivity index (χ1v) is 7.87. The molecule has 0 aromatic heterocycles. The van der Waals surface area contributed by atoms with Gasteiger partial charge in [-0.05, 0) is 12.1 Å². The summed E-state index contributed by atoms with van der Waals surface area (Å²) in [5, 5.41) is 4.16. The van der Waals surface area contributed by atoms with Gasteiger partial charge >= 0.3 is 6.03 Å². The van der Waals surface area contributed by atoms with E-state index in [4.69, 9.17) is 10.5 Å². The second kappa shape index (κ2) is 7.14. The minimum Gasteiger partial charge on any atom is -0.493 e. The number of para-hydroxylation sites is 1. The van der Waals surface area contributed by atoms with Crippen molar-refractivity contribution in [2.75, 3.05) is 6.61 Å². The van der Waals surface area contributed by atoms with Crippen LogP contribution < -0.4 is 21.1 Å². The average molecular weight is 326 g/mol. The summed E-state index contributed by atoms with van der Waals surface area (Å²) >= 11 is 0. The lowest BCUT2D eigenvalue weighted by Gasteiger charge is -2.27. The smallest absolute Gasteiger partial charge is 0.319 e. The van der Waals surface area contributed by atoms with E-state index in [0.29, 0.717) is 6.61 Å². The van der Waals surface area contributed by atoms with Crippen molar-refractivity contribution in [1.82, 2.24) is 5.32 Å². The van der Waals surface area contributed by atoms with Crippen LogP contribution in [0.25, 0.3) is 0 Å². The molecule has 1 aliphatic heterocycles. The highest BCUT2D eigenvalue weighted by Gasteiger charge is 2.32. The highest BCUT2D eigenvalue weighted by Crippen LogP contribution is 2.29. The zero-order valence-corrected chi connectivity index (χ0v) is 13.1. The fraction of sp³-hybridized carbons (Fsp3) is 0.222. The van der Waals surface area contributed by atoms with E-state index in [1.807, 2.05) is 59.9 Å². The van der Waals surface area contributed by atoms with Gasteiger partial charge in [0, 0.05) is 12.0 Å². The molecule has 24 heavy (non-hydrogen) atoms. The molecule has 0 saturated carbocycles. The van der Waals surface area contributed by atoms with Gasteiger partial charge in [0.05, 0.1) is 12.2 Å². The van der Waals surface area contributed by atoms with Gasteiger partial charge < -0.3 is 15.8 Å². The molecule has 0 spiro atoms. The molecule has 1 aliphatic rings. The molecule has 2 aromatic carbocycles. The van der Waals surface area contributed by atoms with Gasteiger partial charge in [0.15, 0.2) is 6.04 Å². The van der Waals surface area contributed by atoms with Crippen LogP contribution in [0.3, 0.4) is 0 Å². The monoisotopic (exact) mass is 326 g/mol. The molecule has 6 heteroatoms. The molecule has 0 aliphatic carbocycles. The second-order valence-electron chi connectivity index (χ2n) is 5.72. The Labute approximate surface area is 140 Å². The van der Waals surface area contributed by atoms with Crippen LogP contribution in [-0.4, -0.2) is 18.5 Å². The number of fused-ring (bicyclic) bond motifs is 1. The molecule has 3 rings (SSSR count). The fourth-order valence-electron chi connectivity index (χ4n) is 3.01. The zero-order valence-electron chi connectivity index (χ0n) is 13.1. The number of ether oxygens (including phenoxy) is 1. The first-order chi connectivity index (χ1) is 11.6. The number of quaternary nitrogens is 1. The number of benzene rings is 2. The van der Waals surface area contributed by atoms with E-state index >= 15 is 0 Å². The van der Waals surface area contributed by atoms with E-state index in [1.54, 1.807) is 0 Å². The van der Waals surface area contributed by atoms with Crippen LogP contribution in [0.4, 0.5) is 4.79 Å². The van der Waals surface area contributed by atoms with Gasteiger partial charge in [0.25, 0.3) is 5.91 Å². The quantitative estimate of drug-likeness (QED) is 0.782. The van der Waals surface area contributed by atoms with Gasteiger partial charge in [-0.2, -0.15) is 0 Å². The molecule has 0 radical (unpaired) electrons. The lowest BCUT2D eigenvalue weighted by molar-refractivity contribution is -0.723. The number of hydrogen-bond acceptors (Lipinski definition) is 3. The van der Waals surface area contributed by atoms with Crippen LogP contribution >= 0.6 is 0 Å². The maximum Gasteiger partial charge on any atom is 0.319 e. The van der Waals surface area contributed by atoms with Gasteiger partial charge in [-0.15, -0.1) is 0 Å². The van der Waals surface area contributed by atoms with Crippen molar-refractivity contribution in [3.8, 4) is 5.75 Å². The number of nitrogens with two attached hydrogens (primary N) is 2. The Balaban J connectivity index is 1.87. The molecule has 2 aromatic rings. The molecule has 0 fully saturated rings. The van der Waals surface area contributed by atoms with E-state index in [2.05, 4.69) is 5.32 Å². The standard InChI is InChI=1S/C18H19N3O3/c19-18(23)21-17(22)16(12-6-2-1-3-7-12)20-14-10-11-24-15-9-5-4-8-13(14)15/h1-9,14,16,20H,10-11H2,(H3,19,21,22,23)/p+1/t14-,16+/m1/s1. The minimum absolute atomic E-state index is 0.0683. The zero-order chi connectivity index (χ0) is 16.9. The summed E-state index contributed by atoms with van der Waals surface area (Å²) in [6.07, 6.45) is 0.782. The van der Waals surface area contributed by atoms with Crippen molar-refractivity contribution in [3.05, 3.63) is 65.7 Å². The van der Waals surface area contributed by atoms with Crippen molar-refractivity contribution in [2.45, 2.75) is 18.5 Å². The van der Waals surface area contributed by atoms with Crippen LogP contribution in [0.2, 0.25) is 0 Å². The van der Waals surface area contributed by atoms with Gasteiger partial charge in [-0.25, -0.2) is 4.79 Å². The van der Waals surface area contributed by atoms with Crippen LogP contribution in [0.5, 0.6) is 5.75 Å². The molecule has 5 N–H and O–H groups in total. The number of imide groups is 1. The Hall–Kier alpha value is -2.86. The van der Waals surface area contributed by atoms with Gasteiger partial charge in [-0.3, -0.25) is 10.1 Å². The number of carbonyl (C=O) groups excluding carboxylic acids is 2. The third kappa shape index (κ3) is 3.55. The third-order valence-electron chi connectivity index (χ3n) is 4.12. The van der Waals surface area contributed by atoms with Crippen molar-refractivity contribution in [3.63, 3.8) is 0 Å². The highest BCUT2D eigenvalue weighted by atomic mass is 16.5. The minimum atomic E-state index is -0.846. The van der Waals surface area contributed by atoms with E-state index in [-0.39, 0.29) is 6.04 Å². The first-order valence-electron chi connectivity index (χ1n) is 7.87. The van der Waals surface area contributed by atoms with Gasteiger partial charge in [0.2, 0.25) is 0 Å². The van der Waals surface area contributed by atoms with E-state index in [9.17, 15) is 9.59 Å². The number of hydrogen-bond donors (Lipinski definition) is 3. The molecule has 3 amide bonds. The molecule has 0 unspecified atom stereocenters. The highest BCUT2D eigenvalue weighted by molar-refractivity contribution is 5.96. The van der Waals surface area contributed by atoms with E-state index in [0.717, 1.165) is 23.3 Å². The van der Waals surface area contributed by atoms with Crippen LogP contribution in [-0.2, 0) is 4.79 Å². The number of rotatable bonds is 4. The molecular weight excluding hydrogens is 306 g/mol. The largest absolute Gasteiger partial charge is 0.493 e. The van der Waals surface area contributed by atoms with Crippen molar-refractivity contribution >= 4 is 11.9 Å². The van der Waals surface area contributed by atoms with Crippen LogP contribution in [0.1, 0.15) is 29.6 Å².